The number of carbonyl (C=O) groups excluding carboxylic acids is 7. The molecule has 0 bridgehead atoms. The van der Waals surface area contributed by atoms with E-state index in [2.05, 4.69) is 21.3 Å². The van der Waals surface area contributed by atoms with Gasteiger partial charge >= 0.3 is 11.9 Å². The number of ether oxygens (including phenoxy) is 2. The van der Waals surface area contributed by atoms with Crippen LogP contribution in [-0.4, -0.2) is 108 Å². The maximum Gasteiger partial charge on any atom is 0.334 e. The molecule has 0 fully saturated rings. The fourth-order valence-electron chi connectivity index (χ4n) is 6.31. The smallest absolute Gasteiger partial charge is 0.334 e. The van der Waals surface area contributed by atoms with Crippen LogP contribution < -0.4 is 21.3 Å². The summed E-state index contributed by atoms with van der Waals surface area (Å²) in [5.74, 6) is -5.98. The van der Waals surface area contributed by atoms with Gasteiger partial charge in [0.2, 0.25) is 23.6 Å². The molecule has 15 nitrogen and oxygen atoms in total. The average Bonchev–Trinajstić information content (AvgIpc) is 3.19. The predicted molar refractivity (Wildman–Crippen MR) is 218 cm³/mol. The second kappa shape index (κ2) is 23.4. The Morgan fingerprint density at radius 2 is 1.53 bits per heavy atom. The molecule has 5 amide bonds. The van der Waals surface area contributed by atoms with Gasteiger partial charge in [0, 0.05) is 25.0 Å². The molecule has 15 heteroatoms. The number of benzene rings is 1. The monoisotopic (exact) mass is 811 g/mol. The fourth-order valence-corrected chi connectivity index (χ4v) is 6.31. The summed E-state index contributed by atoms with van der Waals surface area (Å²) < 4.78 is 11.5. The van der Waals surface area contributed by atoms with Crippen LogP contribution in [-0.2, 0) is 49.5 Å². The lowest BCUT2D eigenvalue weighted by Gasteiger charge is -2.31. The van der Waals surface area contributed by atoms with E-state index in [4.69, 9.17) is 9.47 Å². The largest absolute Gasteiger partial charge is 0.456 e. The van der Waals surface area contributed by atoms with Gasteiger partial charge in [-0.15, -0.1) is 0 Å². The first-order chi connectivity index (χ1) is 27.2. The number of aliphatic hydroxyl groups is 1. The van der Waals surface area contributed by atoms with Crippen LogP contribution in [0.25, 0.3) is 0 Å². The number of cyclic esters (lactones) is 2. The third-order valence-electron chi connectivity index (χ3n) is 10.5. The molecule has 0 aromatic heterocycles. The summed E-state index contributed by atoms with van der Waals surface area (Å²) in [4.78, 5) is 95.8. The highest BCUT2D eigenvalue weighted by Gasteiger charge is 2.35. The first-order valence-corrected chi connectivity index (χ1v) is 20.1. The molecule has 0 saturated heterocycles. The van der Waals surface area contributed by atoms with Crippen molar-refractivity contribution in [3.05, 3.63) is 59.2 Å². The third-order valence-corrected chi connectivity index (χ3v) is 10.5. The Morgan fingerprint density at radius 3 is 2.12 bits per heavy atom. The molecule has 1 aromatic carbocycles. The normalized spacial score (nSPS) is 28.9. The van der Waals surface area contributed by atoms with Gasteiger partial charge in [0.25, 0.3) is 5.91 Å². The number of hydrogen-bond acceptors (Lipinski definition) is 10. The topological polar surface area (TPSA) is 210 Å². The maximum absolute atomic E-state index is 13.8. The zero-order chi connectivity index (χ0) is 43.9. The number of aliphatic hydroxyl groups excluding tert-OH is 1. The number of hydrogen-bond donors (Lipinski definition) is 5. The second-order valence-corrected chi connectivity index (χ2v) is 15.7. The Hall–Kier alpha value is -5.05. The average molecular weight is 812 g/mol. The van der Waals surface area contributed by atoms with Gasteiger partial charge in [-0.3, -0.25) is 24.0 Å². The molecular formula is C43H65N5O10. The summed E-state index contributed by atoms with van der Waals surface area (Å²) in [5.41, 5.74) is 1.50. The van der Waals surface area contributed by atoms with Crippen molar-refractivity contribution in [2.24, 2.45) is 17.8 Å². The number of nitrogens with one attached hydrogen (secondary N) is 4. The summed E-state index contributed by atoms with van der Waals surface area (Å²) in [6, 6.07) is 4.46. The number of esters is 2. The van der Waals surface area contributed by atoms with Crippen molar-refractivity contribution in [2.75, 3.05) is 13.6 Å². The molecule has 58 heavy (non-hydrogen) atoms. The minimum atomic E-state index is -1.26. The summed E-state index contributed by atoms with van der Waals surface area (Å²) in [7, 11) is 1.42. The third kappa shape index (κ3) is 14.7. The quantitative estimate of drug-likeness (QED) is 0.201. The SMILES string of the molecule is C/C=C(\C)[C@@H]1OC(=O)[C@H](C)NC(=O)[C@H]([C@@H](C)CC)NC(=O)CNC(=O)C(Cc2ccccc2)N(C)C(=O)[C@@H](C)NC(=O)C(CC(C)C)OC(=O)/C(C)=C/C[C@@H](O)[C@@H]1C. The van der Waals surface area contributed by atoms with Crippen molar-refractivity contribution in [1.29, 1.82) is 0 Å². The molecule has 0 spiro atoms. The van der Waals surface area contributed by atoms with Gasteiger partial charge in [0.1, 0.15) is 30.3 Å². The molecule has 1 aliphatic heterocycles. The lowest BCUT2D eigenvalue weighted by atomic mass is 9.90. The van der Waals surface area contributed by atoms with E-state index in [0.29, 0.717) is 12.0 Å². The number of carbonyl (C=O) groups is 7. The summed E-state index contributed by atoms with van der Waals surface area (Å²) >= 11 is 0. The molecule has 1 aliphatic rings. The molecule has 5 N–H and O–H groups in total. The van der Waals surface area contributed by atoms with Crippen molar-refractivity contribution < 1.29 is 48.1 Å². The van der Waals surface area contributed by atoms with Gasteiger partial charge in [0.05, 0.1) is 12.6 Å². The number of amides is 5. The lowest BCUT2D eigenvalue weighted by Crippen LogP contribution is -2.57. The van der Waals surface area contributed by atoms with Gasteiger partial charge in [-0.1, -0.05) is 83.5 Å². The van der Waals surface area contributed by atoms with Crippen molar-refractivity contribution in [3.8, 4) is 0 Å². The van der Waals surface area contributed by atoms with Gasteiger partial charge < -0.3 is 40.7 Å². The van der Waals surface area contributed by atoms with Crippen LogP contribution >= 0.6 is 0 Å². The first-order valence-electron chi connectivity index (χ1n) is 20.1. The second-order valence-electron chi connectivity index (χ2n) is 15.7. The minimum Gasteiger partial charge on any atom is -0.456 e. The van der Waals surface area contributed by atoms with Crippen LogP contribution in [0.3, 0.4) is 0 Å². The first kappa shape index (κ1) is 49.1. The summed E-state index contributed by atoms with van der Waals surface area (Å²) in [6.07, 6.45) is 0.668. The van der Waals surface area contributed by atoms with Crippen LogP contribution in [0, 0.1) is 17.8 Å². The molecule has 9 atom stereocenters. The van der Waals surface area contributed by atoms with E-state index in [1.165, 1.54) is 38.8 Å². The molecule has 1 heterocycles. The van der Waals surface area contributed by atoms with E-state index < -0.39 is 96.4 Å². The Balaban J connectivity index is 2.57. The number of allylic oxidation sites excluding steroid dienone is 1. The number of rotatable bonds is 7. The highest BCUT2D eigenvalue weighted by molar-refractivity contribution is 5.96. The minimum absolute atomic E-state index is 0.0215. The van der Waals surface area contributed by atoms with Crippen molar-refractivity contribution in [3.63, 3.8) is 0 Å². The van der Waals surface area contributed by atoms with Gasteiger partial charge in [0.15, 0.2) is 6.10 Å². The fraction of sp³-hybridized carbons (Fsp3) is 0.605. The molecular weight excluding hydrogens is 746 g/mol. The predicted octanol–water partition coefficient (Wildman–Crippen LogP) is 2.90. The molecule has 0 saturated carbocycles. The molecule has 1 aromatic rings. The molecule has 0 aliphatic carbocycles. The van der Waals surface area contributed by atoms with Crippen LogP contribution in [0.5, 0.6) is 0 Å². The van der Waals surface area contributed by atoms with E-state index in [-0.39, 0.29) is 36.7 Å². The van der Waals surface area contributed by atoms with E-state index in [1.807, 2.05) is 20.8 Å². The highest BCUT2D eigenvalue weighted by atomic mass is 16.6. The van der Waals surface area contributed by atoms with Crippen molar-refractivity contribution in [1.82, 2.24) is 26.2 Å². The molecule has 322 valence electrons. The Labute approximate surface area is 343 Å². The van der Waals surface area contributed by atoms with E-state index in [0.717, 1.165) is 5.56 Å². The van der Waals surface area contributed by atoms with E-state index >= 15 is 0 Å². The standard InChI is InChI=1S/C43H65N5O10/c1-12-25(5)36-40(53)46-30(10)43(56)58-37(26(6)13-2)28(8)33(49)20-19-27(7)42(55)57-34(21-24(3)4)39(52)45-29(9)41(54)48(11)32(22-31-17-15-14-16-18-31)38(51)44-23-35(50)47-36/h13-19,24-25,28-30,32-34,36-37,49H,12,20-23H2,1-11H3,(H,44,51)(H,45,52)(H,46,53)(H,47,50)/b26-13+,27-19+/t25-,28-,29+,30-,32?,33+,34?,36-,37-/m0/s1. The number of likely N-dealkylation sites (N-methyl/N-ethyl adjacent to an activating group) is 1. The van der Waals surface area contributed by atoms with Gasteiger partial charge in [-0.2, -0.15) is 0 Å². The van der Waals surface area contributed by atoms with E-state index in [9.17, 15) is 38.7 Å². The van der Waals surface area contributed by atoms with Crippen LogP contribution in [0.15, 0.2) is 53.6 Å². The van der Waals surface area contributed by atoms with Gasteiger partial charge in [-0.25, -0.2) is 9.59 Å². The highest BCUT2D eigenvalue weighted by Crippen LogP contribution is 2.24. The molecule has 2 rings (SSSR count). The summed E-state index contributed by atoms with van der Waals surface area (Å²) in [6.45, 7) is 16.4. The van der Waals surface area contributed by atoms with Crippen LogP contribution in [0.2, 0.25) is 0 Å². The van der Waals surface area contributed by atoms with Crippen molar-refractivity contribution >= 4 is 41.5 Å². The lowest BCUT2D eigenvalue weighted by molar-refractivity contribution is -0.154. The van der Waals surface area contributed by atoms with Crippen LogP contribution in [0.4, 0.5) is 0 Å². The molecule has 2 unspecified atom stereocenters. The number of nitrogens with zero attached hydrogens (tertiary/aromatic N) is 1. The zero-order valence-electron chi connectivity index (χ0n) is 35.9. The molecule has 0 radical (unpaired) electrons. The van der Waals surface area contributed by atoms with E-state index in [1.54, 1.807) is 64.1 Å². The van der Waals surface area contributed by atoms with Crippen LogP contribution in [0.1, 0.15) is 94.1 Å². The Morgan fingerprint density at radius 1 is 0.914 bits per heavy atom. The zero-order valence-corrected chi connectivity index (χ0v) is 35.9. The maximum atomic E-state index is 13.8. The summed E-state index contributed by atoms with van der Waals surface area (Å²) in [5, 5.41) is 21.7. The van der Waals surface area contributed by atoms with Gasteiger partial charge in [-0.05, 0) is 70.4 Å². The Kier molecular flexibility index (Phi) is 19.8. The van der Waals surface area contributed by atoms with Crippen molar-refractivity contribution in [2.45, 2.75) is 137 Å². The Bertz CT molecular complexity index is 1660.